The number of aliphatic hydroxyl groups is 1. The van der Waals surface area contributed by atoms with Crippen LogP contribution in [0.1, 0.15) is 26.0 Å². The van der Waals surface area contributed by atoms with E-state index in [0.717, 1.165) is 0 Å². The van der Waals surface area contributed by atoms with Crippen molar-refractivity contribution in [3.8, 4) is 0 Å². The number of rotatable bonds is 5. The fourth-order valence-corrected chi connectivity index (χ4v) is 1.42. The van der Waals surface area contributed by atoms with E-state index in [9.17, 15) is 9.90 Å². The number of aryl methyl sites for hydroxylation is 1. The normalized spacial score (nSPS) is 12.5. The van der Waals surface area contributed by atoms with Crippen LogP contribution < -0.4 is 10.6 Å². The summed E-state index contributed by atoms with van der Waals surface area (Å²) in [6, 6.07) is 1.21. The smallest absolute Gasteiger partial charge is 0.320 e. The highest BCUT2D eigenvalue weighted by atomic mass is 16.5. The van der Waals surface area contributed by atoms with Gasteiger partial charge in [-0.15, -0.1) is 0 Å². The Bertz CT molecular complexity index is 363. The Morgan fingerprint density at radius 3 is 2.82 bits per heavy atom. The fourth-order valence-electron chi connectivity index (χ4n) is 1.42. The number of carbonyl (C=O) groups excluding carboxylic acids is 1. The van der Waals surface area contributed by atoms with E-state index in [4.69, 9.17) is 4.52 Å². The Labute approximate surface area is 100 Å². The molecule has 0 aliphatic rings. The first-order valence-corrected chi connectivity index (χ1v) is 5.63. The van der Waals surface area contributed by atoms with Gasteiger partial charge in [0.25, 0.3) is 0 Å². The average molecular weight is 241 g/mol. The van der Waals surface area contributed by atoms with E-state index in [1.54, 1.807) is 13.0 Å². The molecule has 1 atom stereocenters. The van der Waals surface area contributed by atoms with Gasteiger partial charge in [0.1, 0.15) is 5.76 Å². The molecule has 0 bridgehead atoms. The molecule has 0 saturated heterocycles. The lowest BCUT2D eigenvalue weighted by molar-refractivity contribution is 0.148. The van der Waals surface area contributed by atoms with Gasteiger partial charge in [-0.3, -0.25) is 5.32 Å². The van der Waals surface area contributed by atoms with Gasteiger partial charge in [-0.25, -0.2) is 4.79 Å². The number of nitrogens with one attached hydrogen (secondary N) is 2. The number of carbonyl (C=O) groups is 1. The van der Waals surface area contributed by atoms with Crippen LogP contribution in [0.2, 0.25) is 0 Å². The molecule has 6 nitrogen and oxygen atoms in total. The van der Waals surface area contributed by atoms with E-state index < -0.39 is 12.1 Å². The van der Waals surface area contributed by atoms with Crippen molar-refractivity contribution in [1.29, 1.82) is 0 Å². The summed E-state index contributed by atoms with van der Waals surface area (Å²) in [5.41, 5.74) is 0. The molecule has 0 aliphatic carbocycles. The largest absolute Gasteiger partial charge is 0.391 e. The molecule has 6 heteroatoms. The molecule has 1 rings (SSSR count). The third-order valence-electron chi connectivity index (χ3n) is 2.11. The molecule has 96 valence electrons. The first kappa shape index (κ1) is 13.5. The molecule has 1 unspecified atom stereocenters. The standard InChI is InChI=1S/C11H19N3O3/c1-7(2)4-9(15)6-12-11(16)13-10-5-8(3)17-14-10/h5,7,9,15H,4,6H2,1-3H3,(H2,12,13,14,16). The zero-order valence-corrected chi connectivity index (χ0v) is 10.4. The maximum absolute atomic E-state index is 11.4. The van der Waals surface area contributed by atoms with E-state index in [1.165, 1.54) is 0 Å². The van der Waals surface area contributed by atoms with Gasteiger partial charge in [-0.2, -0.15) is 0 Å². The zero-order valence-electron chi connectivity index (χ0n) is 10.4. The zero-order chi connectivity index (χ0) is 12.8. The van der Waals surface area contributed by atoms with Crippen molar-refractivity contribution in [3.05, 3.63) is 11.8 Å². The predicted octanol–water partition coefficient (Wildman–Crippen LogP) is 1.51. The van der Waals surface area contributed by atoms with E-state index >= 15 is 0 Å². The van der Waals surface area contributed by atoms with E-state index in [1.807, 2.05) is 13.8 Å². The summed E-state index contributed by atoms with van der Waals surface area (Å²) in [4.78, 5) is 11.4. The Morgan fingerprint density at radius 2 is 2.29 bits per heavy atom. The molecule has 1 aromatic rings. The molecule has 0 radical (unpaired) electrons. The van der Waals surface area contributed by atoms with Crippen molar-refractivity contribution in [2.75, 3.05) is 11.9 Å². The van der Waals surface area contributed by atoms with Crippen LogP contribution in [0.3, 0.4) is 0 Å². The van der Waals surface area contributed by atoms with Crippen LogP contribution in [0.5, 0.6) is 0 Å². The topological polar surface area (TPSA) is 87.4 Å². The fraction of sp³-hybridized carbons (Fsp3) is 0.636. The van der Waals surface area contributed by atoms with Crippen LogP contribution in [0.15, 0.2) is 10.6 Å². The van der Waals surface area contributed by atoms with Gasteiger partial charge in [0, 0.05) is 12.6 Å². The predicted molar refractivity (Wildman–Crippen MR) is 63.7 cm³/mol. The molecule has 1 heterocycles. The van der Waals surface area contributed by atoms with E-state index in [-0.39, 0.29) is 6.54 Å². The van der Waals surface area contributed by atoms with Crippen molar-refractivity contribution >= 4 is 11.8 Å². The minimum absolute atomic E-state index is 0.223. The van der Waals surface area contributed by atoms with Gasteiger partial charge < -0.3 is 14.9 Å². The monoisotopic (exact) mass is 241 g/mol. The average Bonchev–Trinajstić information content (AvgIpc) is 2.60. The quantitative estimate of drug-likeness (QED) is 0.729. The number of amides is 2. The first-order valence-electron chi connectivity index (χ1n) is 5.63. The van der Waals surface area contributed by atoms with Crippen LogP contribution in [0, 0.1) is 12.8 Å². The maximum Gasteiger partial charge on any atom is 0.320 e. The lowest BCUT2D eigenvalue weighted by Crippen LogP contribution is -2.35. The van der Waals surface area contributed by atoms with Gasteiger partial charge in [0.15, 0.2) is 5.82 Å². The number of hydrogen-bond acceptors (Lipinski definition) is 4. The number of nitrogens with zero attached hydrogens (tertiary/aromatic N) is 1. The van der Waals surface area contributed by atoms with Crippen LogP contribution in [0.4, 0.5) is 10.6 Å². The van der Waals surface area contributed by atoms with Gasteiger partial charge in [-0.05, 0) is 19.3 Å². The van der Waals surface area contributed by atoms with Crippen LogP contribution in [0.25, 0.3) is 0 Å². The van der Waals surface area contributed by atoms with Crippen molar-refractivity contribution in [2.45, 2.75) is 33.3 Å². The molecule has 0 aliphatic heterocycles. The highest BCUT2D eigenvalue weighted by molar-refractivity contribution is 5.88. The molecule has 0 saturated carbocycles. The molecule has 0 spiro atoms. The third kappa shape index (κ3) is 5.35. The number of aliphatic hydroxyl groups excluding tert-OH is 1. The minimum atomic E-state index is -0.528. The van der Waals surface area contributed by atoms with E-state index in [0.29, 0.717) is 23.9 Å². The highest BCUT2D eigenvalue weighted by Gasteiger charge is 2.10. The second kappa shape index (κ2) is 6.24. The lowest BCUT2D eigenvalue weighted by atomic mass is 10.1. The third-order valence-corrected chi connectivity index (χ3v) is 2.11. The summed E-state index contributed by atoms with van der Waals surface area (Å²) in [6.45, 7) is 5.99. The molecule has 3 N–H and O–H groups in total. The highest BCUT2D eigenvalue weighted by Crippen LogP contribution is 2.06. The summed E-state index contributed by atoms with van der Waals surface area (Å²) in [7, 11) is 0. The first-order chi connectivity index (χ1) is 7.97. The Balaban J connectivity index is 2.26. The van der Waals surface area contributed by atoms with Crippen LogP contribution in [-0.2, 0) is 0 Å². The van der Waals surface area contributed by atoms with Crippen molar-refractivity contribution < 1.29 is 14.4 Å². The van der Waals surface area contributed by atoms with Gasteiger partial charge in [0.05, 0.1) is 6.10 Å². The minimum Gasteiger partial charge on any atom is -0.391 e. The molecule has 17 heavy (non-hydrogen) atoms. The van der Waals surface area contributed by atoms with Gasteiger partial charge in [-0.1, -0.05) is 19.0 Å². The molecule has 0 aromatic carbocycles. The molecular weight excluding hydrogens is 222 g/mol. The molecule has 0 fully saturated rings. The Morgan fingerprint density at radius 1 is 1.59 bits per heavy atom. The Kier molecular flexibility index (Phi) is 4.96. The van der Waals surface area contributed by atoms with E-state index in [2.05, 4.69) is 15.8 Å². The maximum atomic E-state index is 11.4. The molecule has 2 amide bonds. The van der Waals surface area contributed by atoms with Crippen molar-refractivity contribution in [2.24, 2.45) is 5.92 Å². The van der Waals surface area contributed by atoms with Crippen molar-refractivity contribution in [3.63, 3.8) is 0 Å². The second-order valence-electron chi connectivity index (χ2n) is 4.44. The number of aromatic nitrogens is 1. The van der Waals surface area contributed by atoms with Gasteiger partial charge in [0.2, 0.25) is 0 Å². The van der Waals surface area contributed by atoms with Gasteiger partial charge >= 0.3 is 6.03 Å². The summed E-state index contributed by atoms with van der Waals surface area (Å²) < 4.78 is 4.80. The molecule has 1 aromatic heterocycles. The molecular formula is C11H19N3O3. The summed E-state index contributed by atoms with van der Waals surface area (Å²) in [5, 5.41) is 18.3. The lowest BCUT2D eigenvalue weighted by Gasteiger charge is -2.13. The SMILES string of the molecule is Cc1cc(NC(=O)NCC(O)CC(C)C)no1. The Hall–Kier alpha value is -1.56. The summed E-state index contributed by atoms with van der Waals surface area (Å²) >= 11 is 0. The van der Waals surface area contributed by atoms with Crippen LogP contribution in [-0.4, -0.2) is 28.9 Å². The second-order valence-corrected chi connectivity index (χ2v) is 4.44. The summed E-state index contributed by atoms with van der Waals surface area (Å²) in [6.07, 6.45) is 0.128. The van der Waals surface area contributed by atoms with Crippen molar-refractivity contribution in [1.82, 2.24) is 10.5 Å². The number of anilines is 1. The van der Waals surface area contributed by atoms with Crippen LogP contribution >= 0.6 is 0 Å². The summed E-state index contributed by atoms with van der Waals surface area (Å²) in [5.74, 6) is 1.38. The number of hydrogen-bond donors (Lipinski definition) is 3. The number of urea groups is 1.